The first-order valence-corrected chi connectivity index (χ1v) is 30.1. The SMILES string of the molecule is CCCCCCCC/C=C/CCCCCCCCCCCC(=O)OC(/C=C/CCCCCCCCCCC)C(COP(=O)([O-])OCC[N+](C)(C)C)NC(=O)CCCCCCCCCCCCC. The molecule has 396 valence electrons. The Bertz CT molecular complexity index is 1210. The molecule has 0 fully saturated rings. The molecule has 0 aromatic heterocycles. The number of rotatable bonds is 52. The van der Waals surface area contributed by atoms with E-state index in [2.05, 4.69) is 38.2 Å². The van der Waals surface area contributed by atoms with E-state index in [0.29, 0.717) is 17.4 Å². The van der Waals surface area contributed by atoms with Gasteiger partial charge in [-0.25, -0.2) is 0 Å². The van der Waals surface area contributed by atoms with Crippen LogP contribution in [-0.2, 0) is 27.9 Å². The maximum absolute atomic E-state index is 13.4. The van der Waals surface area contributed by atoms with Gasteiger partial charge in [0.15, 0.2) is 0 Å². The molecule has 0 aromatic carbocycles. The molecule has 1 amide bonds. The highest BCUT2D eigenvalue weighted by Crippen LogP contribution is 2.38. The van der Waals surface area contributed by atoms with Crippen LogP contribution < -0.4 is 10.2 Å². The third-order valence-corrected chi connectivity index (χ3v) is 13.8. The molecular formula is C57H111N2O7P. The standard InChI is InChI=1S/C57H111N2O7P/c1-7-10-13-16-19-22-25-26-27-28-29-30-31-32-35-38-41-44-47-50-57(61)66-55(48-45-42-39-36-33-23-20-17-14-11-8-2)54(53-65-67(62,63)64-52-51-59(4,5)6)58-56(60)49-46-43-40-37-34-24-21-18-15-12-9-3/h26-27,45,48,54-55H,7-25,28-44,46-47,49-53H2,1-6H3,(H-,58,60,62,63)/b27-26+,48-45+. The number of unbranched alkanes of at least 4 members (excludes halogenated alkanes) is 34. The number of nitrogens with one attached hydrogen (secondary N) is 1. The van der Waals surface area contributed by atoms with E-state index in [1.807, 2.05) is 33.3 Å². The van der Waals surface area contributed by atoms with Gasteiger partial charge in [0.2, 0.25) is 5.91 Å². The van der Waals surface area contributed by atoms with E-state index < -0.39 is 20.0 Å². The summed E-state index contributed by atoms with van der Waals surface area (Å²) in [6.45, 7) is 6.84. The van der Waals surface area contributed by atoms with Crippen molar-refractivity contribution in [1.29, 1.82) is 0 Å². The largest absolute Gasteiger partial charge is 0.756 e. The molecular weight excluding hydrogens is 856 g/mol. The van der Waals surface area contributed by atoms with Gasteiger partial charge in [0, 0.05) is 12.8 Å². The second kappa shape index (κ2) is 48.1. The molecule has 9 nitrogen and oxygen atoms in total. The zero-order chi connectivity index (χ0) is 49.4. The molecule has 0 bridgehead atoms. The molecule has 0 saturated heterocycles. The van der Waals surface area contributed by atoms with Crippen molar-refractivity contribution >= 4 is 19.7 Å². The van der Waals surface area contributed by atoms with E-state index >= 15 is 0 Å². The van der Waals surface area contributed by atoms with Crippen molar-refractivity contribution in [2.75, 3.05) is 40.9 Å². The molecule has 0 spiro atoms. The number of esters is 1. The first-order chi connectivity index (χ1) is 32.4. The summed E-state index contributed by atoms with van der Waals surface area (Å²) >= 11 is 0. The third kappa shape index (κ3) is 49.3. The number of amides is 1. The average Bonchev–Trinajstić information content (AvgIpc) is 3.28. The summed E-state index contributed by atoms with van der Waals surface area (Å²) in [5.41, 5.74) is 0. The second-order valence-electron chi connectivity index (χ2n) is 20.8. The quantitative estimate of drug-likeness (QED) is 0.0212. The van der Waals surface area contributed by atoms with Crippen LogP contribution in [0.15, 0.2) is 24.3 Å². The van der Waals surface area contributed by atoms with Gasteiger partial charge < -0.3 is 28.5 Å². The van der Waals surface area contributed by atoms with Crippen LogP contribution in [0.2, 0.25) is 0 Å². The lowest BCUT2D eigenvalue weighted by Gasteiger charge is -2.30. The van der Waals surface area contributed by atoms with Crippen molar-refractivity contribution in [1.82, 2.24) is 5.32 Å². The van der Waals surface area contributed by atoms with Gasteiger partial charge in [-0.3, -0.25) is 14.2 Å². The normalized spacial score (nSPS) is 14.0. The smallest absolute Gasteiger partial charge is 0.306 e. The Morgan fingerprint density at radius 1 is 0.507 bits per heavy atom. The highest BCUT2D eigenvalue weighted by Gasteiger charge is 2.27. The Labute approximate surface area is 415 Å². The van der Waals surface area contributed by atoms with Crippen molar-refractivity contribution in [3.8, 4) is 0 Å². The van der Waals surface area contributed by atoms with Gasteiger partial charge in [-0.05, 0) is 57.4 Å². The minimum atomic E-state index is -4.68. The third-order valence-electron chi connectivity index (χ3n) is 12.9. The van der Waals surface area contributed by atoms with E-state index in [1.54, 1.807) is 0 Å². The molecule has 0 aliphatic carbocycles. The number of carbonyl (C=O) groups is 2. The Kier molecular flexibility index (Phi) is 47.0. The summed E-state index contributed by atoms with van der Waals surface area (Å²) in [5, 5.41) is 3.02. The lowest BCUT2D eigenvalue weighted by molar-refractivity contribution is -0.870. The van der Waals surface area contributed by atoms with Crippen LogP contribution in [0.25, 0.3) is 0 Å². The Morgan fingerprint density at radius 2 is 0.866 bits per heavy atom. The van der Waals surface area contributed by atoms with Gasteiger partial charge in [-0.1, -0.05) is 232 Å². The van der Waals surface area contributed by atoms with Crippen molar-refractivity contribution in [3.05, 3.63) is 24.3 Å². The molecule has 0 aliphatic heterocycles. The topological polar surface area (TPSA) is 114 Å². The summed E-state index contributed by atoms with van der Waals surface area (Å²) in [5.74, 6) is -0.534. The predicted molar refractivity (Wildman–Crippen MR) is 284 cm³/mol. The van der Waals surface area contributed by atoms with Gasteiger partial charge in [-0.2, -0.15) is 0 Å². The summed E-state index contributed by atoms with van der Waals surface area (Å²) in [6.07, 6.45) is 54.3. The van der Waals surface area contributed by atoms with Crippen LogP contribution in [0.1, 0.15) is 278 Å². The first-order valence-electron chi connectivity index (χ1n) is 28.6. The lowest BCUT2D eigenvalue weighted by Crippen LogP contribution is -2.47. The number of allylic oxidation sites excluding steroid dienone is 3. The fourth-order valence-corrected chi connectivity index (χ4v) is 9.12. The van der Waals surface area contributed by atoms with Crippen LogP contribution in [0.4, 0.5) is 0 Å². The van der Waals surface area contributed by atoms with Gasteiger partial charge in [-0.15, -0.1) is 0 Å². The molecule has 0 rings (SSSR count). The zero-order valence-electron chi connectivity index (χ0n) is 45.1. The van der Waals surface area contributed by atoms with Crippen LogP contribution in [0.5, 0.6) is 0 Å². The van der Waals surface area contributed by atoms with Gasteiger partial charge >= 0.3 is 5.97 Å². The predicted octanol–water partition coefficient (Wildman–Crippen LogP) is 16.4. The molecule has 0 radical (unpaired) electrons. The fourth-order valence-electron chi connectivity index (χ4n) is 8.40. The molecule has 0 aliphatic rings. The van der Waals surface area contributed by atoms with E-state index in [4.69, 9.17) is 13.8 Å². The van der Waals surface area contributed by atoms with E-state index in [-0.39, 0.29) is 31.5 Å². The lowest BCUT2D eigenvalue weighted by atomic mass is 10.0. The van der Waals surface area contributed by atoms with Crippen LogP contribution in [0, 0.1) is 0 Å². The molecule has 1 N–H and O–H groups in total. The van der Waals surface area contributed by atoms with Crippen LogP contribution >= 0.6 is 7.82 Å². The minimum absolute atomic E-state index is 0.0194. The molecule has 0 aromatic rings. The number of likely N-dealkylation sites (N-methyl/N-ethyl adjacent to an activating group) is 1. The number of phosphoric ester groups is 1. The van der Waals surface area contributed by atoms with Crippen LogP contribution in [-0.4, -0.2) is 69.4 Å². The Hall–Kier alpha value is -1.51. The molecule has 0 heterocycles. The van der Waals surface area contributed by atoms with Crippen molar-refractivity contribution < 1.29 is 37.3 Å². The van der Waals surface area contributed by atoms with Crippen molar-refractivity contribution in [2.24, 2.45) is 0 Å². The molecule has 10 heteroatoms. The molecule has 3 atom stereocenters. The number of quaternary nitrogens is 1. The van der Waals surface area contributed by atoms with Crippen LogP contribution in [0.3, 0.4) is 0 Å². The maximum Gasteiger partial charge on any atom is 0.306 e. The molecule has 67 heavy (non-hydrogen) atoms. The van der Waals surface area contributed by atoms with E-state index in [9.17, 15) is 19.0 Å². The summed E-state index contributed by atoms with van der Waals surface area (Å²) in [6, 6.07) is -0.881. The van der Waals surface area contributed by atoms with Gasteiger partial charge in [0.05, 0.1) is 33.8 Å². The number of hydrogen-bond acceptors (Lipinski definition) is 7. The number of carbonyl (C=O) groups excluding carboxylic acids is 2. The number of phosphoric acid groups is 1. The van der Waals surface area contributed by atoms with Gasteiger partial charge in [0.25, 0.3) is 7.82 Å². The second-order valence-corrected chi connectivity index (χ2v) is 22.2. The number of ether oxygens (including phenoxy) is 1. The monoisotopic (exact) mass is 967 g/mol. The number of hydrogen-bond donors (Lipinski definition) is 1. The summed E-state index contributed by atoms with van der Waals surface area (Å²) < 4.78 is 30.2. The first kappa shape index (κ1) is 65.5. The zero-order valence-corrected chi connectivity index (χ0v) is 46.0. The number of nitrogens with zero attached hydrogens (tertiary/aromatic N) is 1. The fraction of sp³-hybridized carbons (Fsp3) is 0.895. The van der Waals surface area contributed by atoms with Crippen molar-refractivity contribution in [2.45, 2.75) is 290 Å². The minimum Gasteiger partial charge on any atom is -0.756 e. The summed E-state index contributed by atoms with van der Waals surface area (Å²) in [7, 11) is 1.19. The molecule has 0 saturated carbocycles. The maximum atomic E-state index is 13.4. The average molecular weight is 967 g/mol. The highest BCUT2D eigenvalue weighted by atomic mass is 31.2. The summed E-state index contributed by atoms with van der Waals surface area (Å²) in [4.78, 5) is 39.7. The Balaban J connectivity index is 5.23. The van der Waals surface area contributed by atoms with Crippen molar-refractivity contribution in [3.63, 3.8) is 0 Å². The van der Waals surface area contributed by atoms with E-state index in [0.717, 1.165) is 57.8 Å². The van der Waals surface area contributed by atoms with Gasteiger partial charge in [0.1, 0.15) is 19.3 Å². The molecule has 3 unspecified atom stereocenters. The Morgan fingerprint density at radius 3 is 1.27 bits per heavy atom. The van der Waals surface area contributed by atoms with E-state index in [1.165, 1.54) is 186 Å². The highest BCUT2D eigenvalue weighted by molar-refractivity contribution is 7.45.